The molecule has 100 valence electrons. The van der Waals surface area contributed by atoms with Gasteiger partial charge >= 0.3 is 0 Å². The number of amides is 1. The predicted octanol–water partition coefficient (Wildman–Crippen LogP) is 2.71. The van der Waals surface area contributed by atoms with Crippen LogP contribution in [0.25, 0.3) is 0 Å². The zero-order valence-electron chi connectivity index (χ0n) is 11.7. The van der Waals surface area contributed by atoms with Crippen LogP contribution in [-0.2, 0) is 10.2 Å². The fourth-order valence-electron chi connectivity index (χ4n) is 1.37. The lowest BCUT2D eigenvalue weighted by molar-refractivity contribution is -0.118. The number of thioether (sulfide) groups is 1. The molecule has 0 aliphatic carbocycles. The van der Waals surface area contributed by atoms with E-state index >= 15 is 0 Å². The summed E-state index contributed by atoms with van der Waals surface area (Å²) in [5, 5.41) is 11.0. The average Bonchev–Trinajstić information content (AvgIpc) is 2.28. The third kappa shape index (κ3) is 4.29. The molecule has 0 aliphatic rings. The van der Waals surface area contributed by atoms with Crippen molar-refractivity contribution in [1.82, 2.24) is 10.2 Å². The van der Waals surface area contributed by atoms with E-state index in [0.717, 1.165) is 11.4 Å². The van der Waals surface area contributed by atoms with Crippen LogP contribution in [0.4, 0.5) is 5.82 Å². The summed E-state index contributed by atoms with van der Waals surface area (Å²) in [6.07, 6.45) is 1.99. The summed E-state index contributed by atoms with van der Waals surface area (Å²) in [6.45, 7) is 8.14. The first-order valence-corrected chi connectivity index (χ1v) is 7.38. The molecule has 1 heterocycles. The van der Waals surface area contributed by atoms with E-state index in [1.165, 1.54) is 0 Å². The van der Waals surface area contributed by atoms with E-state index in [1.54, 1.807) is 17.8 Å². The van der Waals surface area contributed by atoms with E-state index < -0.39 is 0 Å². The lowest BCUT2D eigenvalue weighted by Gasteiger charge is -2.17. The molecule has 0 spiro atoms. The van der Waals surface area contributed by atoms with Crippen LogP contribution in [0.2, 0.25) is 0 Å². The molecule has 1 atom stereocenters. The Morgan fingerprint density at radius 1 is 1.39 bits per heavy atom. The molecule has 1 amide bonds. The Hall–Kier alpha value is -1.10. The van der Waals surface area contributed by atoms with Gasteiger partial charge in [-0.25, -0.2) is 0 Å². The van der Waals surface area contributed by atoms with E-state index in [-0.39, 0.29) is 17.2 Å². The summed E-state index contributed by atoms with van der Waals surface area (Å²) in [5.74, 6) is 1.28. The van der Waals surface area contributed by atoms with Crippen molar-refractivity contribution in [3.05, 3.63) is 17.8 Å². The highest BCUT2D eigenvalue weighted by atomic mass is 32.2. The second kappa shape index (κ2) is 6.18. The van der Waals surface area contributed by atoms with Crippen molar-refractivity contribution in [3.8, 4) is 0 Å². The SMILES string of the molecule is CSCC(C)C(=O)Nc1ccc(C(C)(C)C)nn1. The van der Waals surface area contributed by atoms with Gasteiger partial charge in [-0.3, -0.25) is 4.79 Å². The Morgan fingerprint density at radius 2 is 2.06 bits per heavy atom. The maximum Gasteiger partial charge on any atom is 0.229 e. The van der Waals surface area contributed by atoms with E-state index in [0.29, 0.717) is 5.82 Å². The van der Waals surface area contributed by atoms with Gasteiger partial charge in [0.2, 0.25) is 5.91 Å². The Balaban J connectivity index is 2.67. The smallest absolute Gasteiger partial charge is 0.229 e. The van der Waals surface area contributed by atoms with Crippen LogP contribution >= 0.6 is 11.8 Å². The largest absolute Gasteiger partial charge is 0.309 e. The Bertz CT molecular complexity index is 398. The standard InChI is InChI=1S/C13H21N3OS/c1-9(8-18-5)12(17)14-11-7-6-10(15-16-11)13(2,3)4/h6-7,9H,8H2,1-5H3,(H,14,16,17). The number of nitrogens with one attached hydrogen (secondary N) is 1. The van der Waals surface area contributed by atoms with Crippen LogP contribution in [-0.4, -0.2) is 28.1 Å². The van der Waals surface area contributed by atoms with Crippen molar-refractivity contribution in [3.63, 3.8) is 0 Å². The highest BCUT2D eigenvalue weighted by Crippen LogP contribution is 2.19. The predicted molar refractivity (Wildman–Crippen MR) is 76.9 cm³/mol. The van der Waals surface area contributed by atoms with Crippen molar-refractivity contribution in [1.29, 1.82) is 0 Å². The summed E-state index contributed by atoms with van der Waals surface area (Å²) in [5.41, 5.74) is 0.888. The van der Waals surface area contributed by atoms with Crippen LogP contribution in [0.5, 0.6) is 0 Å². The van der Waals surface area contributed by atoms with E-state index in [1.807, 2.05) is 19.2 Å². The average molecular weight is 267 g/mol. The molecule has 0 saturated carbocycles. The fourth-order valence-corrected chi connectivity index (χ4v) is 2.03. The number of carbonyl (C=O) groups excluding carboxylic acids is 1. The van der Waals surface area contributed by atoms with Crippen molar-refractivity contribution in [2.45, 2.75) is 33.1 Å². The minimum Gasteiger partial charge on any atom is -0.309 e. The first kappa shape index (κ1) is 15.0. The molecule has 0 aromatic carbocycles. The summed E-state index contributed by atoms with van der Waals surface area (Å²) < 4.78 is 0. The summed E-state index contributed by atoms with van der Waals surface area (Å²) >= 11 is 1.66. The molecule has 0 aliphatic heterocycles. The second-order valence-corrected chi connectivity index (χ2v) is 6.31. The first-order chi connectivity index (χ1) is 8.34. The van der Waals surface area contributed by atoms with Crippen molar-refractivity contribution >= 4 is 23.5 Å². The molecule has 1 aromatic rings. The minimum absolute atomic E-state index is 0.0119. The number of hydrogen-bond donors (Lipinski definition) is 1. The molecule has 0 saturated heterocycles. The van der Waals surface area contributed by atoms with E-state index in [2.05, 4.69) is 36.3 Å². The molecule has 1 unspecified atom stereocenters. The molecular weight excluding hydrogens is 246 g/mol. The molecule has 0 bridgehead atoms. The lowest BCUT2D eigenvalue weighted by Crippen LogP contribution is -2.23. The number of rotatable bonds is 4. The van der Waals surface area contributed by atoms with E-state index in [4.69, 9.17) is 0 Å². The molecule has 1 N–H and O–H groups in total. The maximum absolute atomic E-state index is 11.8. The van der Waals surface area contributed by atoms with Gasteiger partial charge in [0.05, 0.1) is 5.69 Å². The molecule has 0 fully saturated rings. The summed E-state index contributed by atoms with van der Waals surface area (Å²) in [6, 6.07) is 3.71. The van der Waals surface area contributed by atoms with Crippen molar-refractivity contribution in [2.75, 3.05) is 17.3 Å². The maximum atomic E-state index is 11.8. The van der Waals surface area contributed by atoms with Gasteiger partial charge in [-0.2, -0.15) is 16.9 Å². The molecule has 1 rings (SSSR count). The minimum atomic E-state index is -0.0261. The van der Waals surface area contributed by atoms with Gasteiger partial charge in [-0.1, -0.05) is 27.7 Å². The number of carbonyl (C=O) groups is 1. The third-order valence-electron chi connectivity index (χ3n) is 2.55. The van der Waals surface area contributed by atoms with Crippen LogP contribution in [0, 0.1) is 5.92 Å². The number of hydrogen-bond acceptors (Lipinski definition) is 4. The normalized spacial score (nSPS) is 13.2. The van der Waals surface area contributed by atoms with Crippen LogP contribution in [0.3, 0.4) is 0 Å². The van der Waals surface area contributed by atoms with Gasteiger partial charge in [0.1, 0.15) is 0 Å². The summed E-state index contributed by atoms with van der Waals surface area (Å²) in [7, 11) is 0. The first-order valence-electron chi connectivity index (χ1n) is 5.98. The van der Waals surface area contributed by atoms with Gasteiger partial charge in [0.25, 0.3) is 0 Å². The molecule has 18 heavy (non-hydrogen) atoms. The molecular formula is C13H21N3OS. The summed E-state index contributed by atoms with van der Waals surface area (Å²) in [4.78, 5) is 11.8. The van der Waals surface area contributed by atoms with E-state index in [9.17, 15) is 4.79 Å². The number of aromatic nitrogens is 2. The monoisotopic (exact) mass is 267 g/mol. The molecule has 1 aromatic heterocycles. The number of anilines is 1. The van der Waals surface area contributed by atoms with Gasteiger partial charge in [0.15, 0.2) is 5.82 Å². The molecule has 0 radical (unpaired) electrons. The Morgan fingerprint density at radius 3 is 2.50 bits per heavy atom. The lowest BCUT2D eigenvalue weighted by atomic mass is 9.92. The van der Waals surface area contributed by atoms with Gasteiger partial charge in [-0.15, -0.1) is 5.10 Å². The zero-order chi connectivity index (χ0) is 13.8. The number of nitrogens with zero attached hydrogens (tertiary/aromatic N) is 2. The fraction of sp³-hybridized carbons (Fsp3) is 0.615. The van der Waals surface area contributed by atoms with Crippen molar-refractivity contribution in [2.24, 2.45) is 5.92 Å². The van der Waals surface area contributed by atoms with Gasteiger partial charge in [-0.05, 0) is 18.4 Å². The highest BCUT2D eigenvalue weighted by Gasteiger charge is 2.17. The highest BCUT2D eigenvalue weighted by molar-refractivity contribution is 7.98. The topological polar surface area (TPSA) is 54.9 Å². The quantitative estimate of drug-likeness (QED) is 0.911. The van der Waals surface area contributed by atoms with Gasteiger partial charge < -0.3 is 5.32 Å². The second-order valence-electron chi connectivity index (χ2n) is 5.40. The van der Waals surface area contributed by atoms with Crippen molar-refractivity contribution < 1.29 is 4.79 Å². The third-order valence-corrected chi connectivity index (χ3v) is 3.38. The molecule has 5 heteroatoms. The van der Waals surface area contributed by atoms with Crippen LogP contribution < -0.4 is 5.32 Å². The van der Waals surface area contributed by atoms with Crippen LogP contribution in [0.1, 0.15) is 33.4 Å². The van der Waals surface area contributed by atoms with Crippen LogP contribution in [0.15, 0.2) is 12.1 Å². The van der Waals surface area contributed by atoms with Gasteiger partial charge in [0, 0.05) is 17.1 Å². The Kier molecular flexibility index (Phi) is 5.14. The zero-order valence-corrected chi connectivity index (χ0v) is 12.5. The molecule has 4 nitrogen and oxygen atoms in total. The Labute approximate surface area is 113 Å².